The van der Waals surface area contributed by atoms with Gasteiger partial charge in [-0.25, -0.2) is 9.48 Å². The predicted molar refractivity (Wildman–Crippen MR) is 182 cm³/mol. The number of aromatic carboxylic acids is 1. The molecule has 0 aliphatic carbocycles. The molecule has 2 aromatic heterocycles. The van der Waals surface area contributed by atoms with Gasteiger partial charge in [-0.3, -0.25) is 10.1 Å². The molecule has 0 aliphatic rings. The van der Waals surface area contributed by atoms with Crippen LogP contribution >= 0.6 is 0 Å². The third-order valence-corrected chi connectivity index (χ3v) is 8.42. The zero-order valence-electron chi connectivity index (χ0n) is 25.5. The van der Waals surface area contributed by atoms with Gasteiger partial charge >= 0.3 is 5.97 Å². The van der Waals surface area contributed by atoms with Crippen LogP contribution in [0.2, 0.25) is 0 Å². The van der Waals surface area contributed by atoms with Crippen LogP contribution in [0, 0.1) is 17.0 Å². The molecule has 0 amide bonds. The van der Waals surface area contributed by atoms with Gasteiger partial charge in [0.2, 0.25) is 0 Å². The van der Waals surface area contributed by atoms with E-state index in [-0.39, 0.29) is 11.4 Å². The summed E-state index contributed by atoms with van der Waals surface area (Å²) in [7, 11) is 0. The number of aromatic nitrogens is 3. The zero-order chi connectivity index (χ0) is 32.5. The second-order valence-corrected chi connectivity index (χ2v) is 11.3. The van der Waals surface area contributed by atoms with Crippen LogP contribution in [-0.4, -0.2) is 37.4 Å². The Labute approximate surface area is 269 Å². The van der Waals surface area contributed by atoms with E-state index in [4.69, 9.17) is 9.84 Å². The SMILES string of the molecule is Cc1nn(-c2ccccc2[N+](=O)[O-])c(-c2ccccc2)c1-c1cccc2c(CCCOc3cccc4ccccc34)c(C(=O)O)[nH]c12. The molecule has 7 rings (SSSR count). The molecule has 0 aliphatic heterocycles. The second kappa shape index (κ2) is 12.3. The first-order valence-corrected chi connectivity index (χ1v) is 15.3. The van der Waals surface area contributed by atoms with Crippen LogP contribution in [0.5, 0.6) is 5.75 Å². The van der Waals surface area contributed by atoms with Gasteiger partial charge < -0.3 is 14.8 Å². The van der Waals surface area contributed by atoms with E-state index in [1.807, 2.05) is 97.9 Å². The Morgan fingerprint density at radius 1 is 0.894 bits per heavy atom. The maximum atomic E-state index is 12.5. The first-order chi connectivity index (χ1) is 22.9. The number of para-hydroxylation sites is 3. The minimum Gasteiger partial charge on any atom is -0.493 e. The molecule has 232 valence electrons. The number of carbonyl (C=O) groups is 1. The van der Waals surface area contributed by atoms with Gasteiger partial charge in [0, 0.05) is 33.5 Å². The third-order valence-electron chi connectivity index (χ3n) is 8.42. The molecule has 0 spiro atoms. The summed E-state index contributed by atoms with van der Waals surface area (Å²) in [6.07, 6.45) is 1.08. The van der Waals surface area contributed by atoms with Crippen LogP contribution in [0.25, 0.3) is 49.7 Å². The number of carboxylic acids is 1. The number of nitrogens with zero attached hydrogens (tertiary/aromatic N) is 3. The summed E-state index contributed by atoms with van der Waals surface area (Å²) in [6.45, 7) is 2.28. The van der Waals surface area contributed by atoms with Gasteiger partial charge in [0.25, 0.3) is 5.69 Å². The van der Waals surface area contributed by atoms with Crippen molar-refractivity contribution >= 4 is 33.3 Å². The van der Waals surface area contributed by atoms with Crippen LogP contribution in [0.4, 0.5) is 5.69 Å². The van der Waals surface area contributed by atoms with Crippen molar-refractivity contribution in [1.29, 1.82) is 0 Å². The lowest BCUT2D eigenvalue weighted by molar-refractivity contribution is -0.384. The number of carboxylic acid groups (broad SMARTS) is 1. The van der Waals surface area contributed by atoms with Gasteiger partial charge in [-0.05, 0) is 42.8 Å². The molecule has 0 saturated heterocycles. The number of fused-ring (bicyclic) bond motifs is 2. The first kappa shape index (κ1) is 29.5. The minimum atomic E-state index is -1.05. The van der Waals surface area contributed by atoms with Gasteiger partial charge in [-0.15, -0.1) is 0 Å². The third kappa shape index (κ3) is 5.37. The number of aryl methyl sites for hydroxylation is 2. The van der Waals surface area contributed by atoms with E-state index in [1.165, 1.54) is 6.07 Å². The summed E-state index contributed by atoms with van der Waals surface area (Å²) in [6, 6.07) is 35.8. The molecule has 2 heterocycles. The van der Waals surface area contributed by atoms with Gasteiger partial charge in [-0.1, -0.05) is 97.1 Å². The van der Waals surface area contributed by atoms with E-state index in [2.05, 4.69) is 4.98 Å². The number of benzene rings is 5. The molecule has 0 atom stereocenters. The summed E-state index contributed by atoms with van der Waals surface area (Å²) < 4.78 is 7.77. The van der Waals surface area contributed by atoms with Gasteiger partial charge in [0.15, 0.2) is 0 Å². The topological polar surface area (TPSA) is 123 Å². The van der Waals surface area contributed by atoms with Crippen LogP contribution in [0.15, 0.2) is 115 Å². The molecule has 9 nitrogen and oxygen atoms in total. The maximum Gasteiger partial charge on any atom is 0.352 e. The Hall–Kier alpha value is -6.22. The van der Waals surface area contributed by atoms with E-state index < -0.39 is 10.9 Å². The number of nitro groups is 1. The van der Waals surface area contributed by atoms with E-state index in [0.29, 0.717) is 47.6 Å². The molecule has 2 N–H and O–H groups in total. The van der Waals surface area contributed by atoms with Crippen molar-refractivity contribution in [3.63, 3.8) is 0 Å². The van der Waals surface area contributed by atoms with Crippen molar-refractivity contribution < 1.29 is 19.6 Å². The second-order valence-electron chi connectivity index (χ2n) is 11.3. The summed E-state index contributed by atoms with van der Waals surface area (Å²) in [5.41, 5.74) is 5.39. The largest absolute Gasteiger partial charge is 0.493 e. The van der Waals surface area contributed by atoms with Gasteiger partial charge in [-0.2, -0.15) is 5.10 Å². The Kier molecular flexibility index (Phi) is 7.71. The number of hydrogen-bond acceptors (Lipinski definition) is 5. The quantitative estimate of drug-likeness (QED) is 0.0893. The molecule has 0 bridgehead atoms. The Balaban J connectivity index is 1.31. The molecule has 0 saturated carbocycles. The lowest BCUT2D eigenvalue weighted by atomic mass is 9.96. The van der Waals surface area contributed by atoms with Crippen molar-refractivity contribution in [2.75, 3.05) is 6.61 Å². The number of rotatable bonds is 10. The molecular formula is C38H30N4O5. The molecule has 0 radical (unpaired) electrons. The van der Waals surface area contributed by atoms with Crippen molar-refractivity contribution in [3.05, 3.63) is 142 Å². The number of nitro benzene ring substituents is 1. The minimum absolute atomic E-state index is 0.0713. The highest BCUT2D eigenvalue weighted by molar-refractivity contribution is 6.05. The lowest BCUT2D eigenvalue weighted by Crippen LogP contribution is -2.04. The van der Waals surface area contributed by atoms with Crippen LogP contribution in [0.1, 0.15) is 28.2 Å². The molecule has 5 aromatic carbocycles. The van der Waals surface area contributed by atoms with E-state index in [1.54, 1.807) is 22.9 Å². The fraction of sp³-hybridized carbons (Fsp3) is 0.105. The van der Waals surface area contributed by atoms with Crippen molar-refractivity contribution in [3.8, 4) is 33.8 Å². The van der Waals surface area contributed by atoms with Crippen molar-refractivity contribution in [1.82, 2.24) is 14.8 Å². The highest BCUT2D eigenvalue weighted by Crippen LogP contribution is 2.42. The lowest BCUT2D eigenvalue weighted by Gasteiger charge is -2.12. The van der Waals surface area contributed by atoms with E-state index in [0.717, 1.165) is 38.6 Å². The molecular weight excluding hydrogens is 592 g/mol. The van der Waals surface area contributed by atoms with Crippen LogP contribution in [-0.2, 0) is 6.42 Å². The molecule has 0 unspecified atom stereocenters. The predicted octanol–water partition coefficient (Wildman–Crippen LogP) is 8.77. The number of nitrogens with one attached hydrogen (secondary N) is 1. The molecule has 9 heteroatoms. The van der Waals surface area contributed by atoms with Crippen LogP contribution < -0.4 is 4.74 Å². The standard InChI is InChI=1S/C38H30N4O5/c1-24-34(37(26-13-3-2-4-14-26)41(40-24)31-20-7-8-21-32(31)42(45)46)30-18-10-17-28-29(36(38(43)44)39-35(28)30)19-11-23-47-33-22-9-15-25-12-5-6-16-27(25)33/h2-10,12-18,20-22,39H,11,19,23H2,1H3,(H,43,44). The summed E-state index contributed by atoms with van der Waals surface area (Å²) in [5, 5.41) is 30.0. The number of H-pyrrole nitrogens is 1. The summed E-state index contributed by atoms with van der Waals surface area (Å²) in [4.78, 5) is 27.4. The summed E-state index contributed by atoms with van der Waals surface area (Å²) in [5.74, 6) is -0.255. The number of ether oxygens (including phenoxy) is 1. The van der Waals surface area contributed by atoms with Gasteiger partial charge in [0.05, 0.1) is 28.4 Å². The average Bonchev–Trinajstić information content (AvgIpc) is 3.65. The van der Waals surface area contributed by atoms with Gasteiger partial charge in [0.1, 0.15) is 17.1 Å². The van der Waals surface area contributed by atoms with Crippen molar-refractivity contribution in [2.24, 2.45) is 0 Å². The van der Waals surface area contributed by atoms with Crippen LogP contribution in [0.3, 0.4) is 0 Å². The number of aromatic amines is 1. The van der Waals surface area contributed by atoms with Crippen molar-refractivity contribution in [2.45, 2.75) is 19.8 Å². The molecule has 7 aromatic rings. The average molecular weight is 623 g/mol. The fourth-order valence-electron chi connectivity index (χ4n) is 6.36. The zero-order valence-corrected chi connectivity index (χ0v) is 25.5. The summed E-state index contributed by atoms with van der Waals surface area (Å²) >= 11 is 0. The number of hydrogen-bond donors (Lipinski definition) is 2. The first-order valence-electron chi connectivity index (χ1n) is 15.3. The normalized spacial score (nSPS) is 11.3. The highest BCUT2D eigenvalue weighted by Gasteiger charge is 2.27. The highest BCUT2D eigenvalue weighted by atomic mass is 16.6. The Bertz CT molecular complexity index is 2280. The molecule has 0 fully saturated rings. The smallest absolute Gasteiger partial charge is 0.352 e. The Morgan fingerprint density at radius 3 is 2.40 bits per heavy atom. The van der Waals surface area contributed by atoms with E-state index >= 15 is 0 Å². The fourth-order valence-corrected chi connectivity index (χ4v) is 6.36. The van der Waals surface area contributed by atoms with E-state index in [9.17, 15) is 20.0 Å². The Morgan fingerprint density at radius 2 is 1.60 bits per heavy atom. The maximum absolute atomic E-state index is 12.5. The molecule has 47 heavy (non-hydrogen) atoms. The monoisotopic (exact) mass is 622 g/mol.